The van der Waals surface area contributed by atoms with Crippen LogP contribution in [0.1, 0.15) is 25.7 Å². The van der Waals surface area contributed by atoms with E-state index in [4.69, 9.17) is 5.11 Å². The lowest BCUT2D eigenvalue weighted by Crippen LogP contribution is -2.25. The number of rotatable bonds is 4. The van der Waals surface area contributed by atoms with Crippen molar-refractivity contribution in [3.05, 3.63) is 46.2 Å². The van der Waals surface area contributed by atoms with Gasteiger partial charge in [-0.1, -0.05) is 0 Å². The van der Waals surface area contributed by atoms with Gasteiger partial charge in [-0.15, -0.1) is 11.3 Å². The van der Waals surface area contributed by atoms with E-state index in [0.717, 1.165) is 4.88 Å². The molecule has 0 radical (unpaired) electrons. The molecule has 0 unspecified atom stereocenters. The van der Waals surface area contributed by atoms with Gasteiger partial charge in [0, 0.05) is 17.3 Å². The van der Waals surface area contributed by atoms with Crippen LogP contribution >= 0.6 is 11.3 Å². The molecule has 7 heteroatoms. The fourth-order valence-electron chi connectivity index (χ4n) is 1.34. The van der Waals surface area contributed by atoms with Crippen LogP contribution < -0.4 is 5.32 Å². The quantitative estimate of drug-likeness (QED) is 0.863. The van der Waals surface area contributed by atoms with Crippen LogP contribution in [-0.2, 0) is 6.54 Å². The summed E-state index contributed by atoms with van der Waals surface area (Å²) >= 11 is 1.41. The molecule has 0 aliphatic rings. The van der Waals surface area contributed by atoms with E-state index in [9.17, 15) is 9.59 Å². The highest BCUT2D eigenvalue weighted by molar-refractivity contribution is 7.09. The van der Waals surface area contributed by atoms with Crippen molar-refractivity contribution in [2.24, 2.45) is 0 Å². The summed E-state index contributed by atoms with van der Waals surface area (Å²) in [6.45, 7) is 0.305. The SMILES string of the molecule is O=C(O)c1cccnc1C(=O)NCc1cncs1. The maximum atomic E-state index is 11.8. The molecule has 2 rings (SSSR count). The van der Waals surface area contributed by atoms with E-state index < -0.39 is 11.9 Å². The van der Waals surface area contributed by atoms with Gasteiger partial charge in [-0.3, -0.25) is 14.8 Å². The smallest absolute Gasteiger partial charge is 0.338 e. The molecule has 1 amide bonds. The molecular weight excluding hydrogens is 254 g/mol. The first-order valence-electron chi connectivity index (χ1n) is 5.02. The molecule has 18 heavy (non-hydrogen) atoms. The zero-order valence-corrected chi connectivity index (χ0v) is 9.98. The maximum Gasteiger partial charge on any atom is 0.338 e. The summed E-state index contributed by atoms with van der Waals surface area (Å²) < 4.78 is 0. The minimum atomic E-state index is -1.17. The molecule has 0 saturated heterocycles. The van der Waals surface area contributed by atoms with Crippen molar-refractivity contribution in [3.63, 3.8) is 0 Å². The number of hydrogen-bond acceptors (Lipinski definition) is 5. The van der Waals surface area contributed by atoms with Crippen LogP contribution in [0.25, 0.3) is 0 Å². The normalized spacial score (nSPS) is 10.0. The number of carbonyl (C=O) groups is 2. The van der Waals surface area contributed by atoms with E-state index in [1.165, 1.54) is 29.7 Å². The molecule has 2 heterocycles. The Kier molecular flexibility index (Phi) is 3.63. The largest absolute Gasteiger partial charge is 0.478 e. The molecule has 2 N–H and O–H groups in total. The summed E-state index contributed by atoms with van der Waals surface area (Å²) in [7, 11) is 0. The van der Waals surface area contributed by atoms with E-state index in [1.807, 2.05) is 0 Å². The predicted octanol–water partition coefficient (Wildman–Crippen LogP) is 1.17. The number of thiazole rings is 1. The van der Waals surface area contributed by atoms with Crippen molar-refractivity contribution in [2.75, 3.05) is 0 Å². The number of nitrogens with zero attached hydrogens (tertiary/aromatic N) is 2. The first kappa shape index (κ1) is 12.2. The number of carboxylic acid groups (broad SMARTS) is 1. The molecule has 2 aromatic heterocycles. The molecule has 0 spiro atoms. The van der Waals surface area contributed by atoms with Gasteiger partial charge in [0.05, 0.1) is 17.6 Å². The van der Waals surface area contributed by atoms with Crippen molar-refractivity contribution in [2.45, 2.75) is 6.54 Å². The molecule has 0 bridgehead atoms. The fourth-order valence-corrected chi connectivity index (χ4v) is 1.87. The number of carbonyl (C=O) groups excluding carboxylic acids is 1. The van der Waals surface area contributed by atoms with Crippen LogP contribution in [-0.4, -0.2) is 27.0 Å². The van der Waals surface area contributed by atoms with Gasteiger partial charge >= 0.3 is 5.97 Å². The summed E-state index contributed by atoms with van der Waals surface area (Å²) in [4.78, 5) is 31.3. The molecule has 0 saturated carbocycles. The highest BCUT2D eigenvalue weighted by Gasteiger charge is 2.17. The summed E-state index contributed by atoms with van der Waals surface area (Å²) in [6, 6.07) is 2.82. The number of nitrogens with one attached hydrogen (secondary N) is 1. The van der Waals surface area contributed by atoms with Crippen molar-refractivity contribution in [3.8, 4) is 0 Å². The zero-order valence-electron chi connectivity index (χ0n) is 9.16. The second-order valence-electron chi connectivity index (χ2n) is 3.36. The molecular formula is C11H9N3O3S. The summed E-state index contributed by atoms with van der Waals surface area (Å²) in [6.07, 6.45) is 3.02. The van der Waals surface area contributed by atoms with Crippen molar-refractivity contribution >= 4 is 23.2 Å². The lowest BCUT2D eigenvalue weighted by atomic mass is 10.2. The van der Waals surface area contributed by atoms with Crippen molar-refractivity contribution < 1.29 is 14.7 Å². The molecule has 6 nitrogen and oxygen atoms in total. The van der Waals surface area contributed by atoms with Crippen LogP contribution in [0, 0.1) is 0 Å². The number of pyridine rings is 1. The lowest BCUT2D eigenvalue weighted by molar-refractivity contribution is 0.0690. The number of aromatic carboxylic acids is 1. The molecule has 0 aromatic carbocycles. The van der Waals surface area contributed by atoms with Gasteiger partial charge in [0.15, 0.2) is 0 Å². The third-order valence-electron chi connectivity index (χ3n) is 2.16. The van der Waals surface area contributed by atoms with E-state index >= 15 is 0 Å². The van der Waals surface area contributed by atoms with E-state index in [2.05, 4.69) is 15.3 Å². The number of amides is 1. The van der Waals surface area contributed by atoms with Crippen LogP contribution in [0.15, 0.2) is 30.0 Å². The Hall–Kier alpha value is -2.28. The highest BCUT2D eigenvalue weighted by atomic mass is 32.1. The maximum absolute atomic E-state index is 11.8. The third-order valence-corrected chi connectivity index (χ3v) is 2.94. The van der Waals surface area contributed by atoms with Gasteiger partial charge in [-0.05, 0) is 12.1 Å². The van der Waals surface area contributed by atoms with Gasteiger partial charge in [0.2, 0.25) is 0 Å². The standard InChI is InChI=1S/C11H9N3O3S/c15-10(14-5-7-4-12-6-18-7)9-8(11(16)17)2-1-3-13-9/h1-4,6H,5H2,(H,14,15)(H,16,17). The Balaban J connectivity index is 2.11. The van der Waals surface area contributed by atoms with Crippen LogP contribution in [0.2, 0.25) is 0 Å². The van der Waals surface area contributed by atoms with Gasteiger partial charge < -0.3 is 10.4 Å². The summed E-state index contributed by atoms with van der Waals surface area (Å²) in [5.74, 6) is -1.69. The monoisotopic (exact) mass is 263 g/mol. The molecule has 92 valence electrons. The summed E-state index contributed by atoms with van der Waals surface area (Å²) in [5, 5.41) is 11.5. The molecule has 0 atom stereocenters. The minimum absolute atomic E-state index is 0.0884. The Labute approximate surface area is 106 Å². The second kappa shape index (κ2) is 5.37. The highest BCUT2D eigenvalue weighted by Crippen LogP contribution is 2.07. The summed E-state index contributed by atoms with van der Waals surface area (Å²) in [5.41, 5.74) is 1.46. The van der Waals surface area contributed by atoms with Crippen molar-refractivity contribution in [1.29, 1.82) is 0 Å². The average molecular weight is 263 g/mol. The second-order valence-corrected chi connectivity index (χ2v) is 4.33. The van der Waals surface area contributed by atoms with E-state index in [-0.39, 0.29) is 11.3 Å². The van der Waals surface area contributed by atoms with E-state index in [0.29, 0.717) is 6.54 Å². The Bertz CT molecular complexity index is 569. The van der Waals surface area contributed by atoms with Gasteiger partial charge in [0.1, 0.15) is 5.69 Å². The number of carboxylic acids is 1. The molecule has 0 fully saturated rings. The topological polar surface area (TPSA) is 92.2 Å². The first-order chi connectivity index (χ1) is 8.68. The predicted molar refractivity (Wildman–Crippen MR) is 64.5 cm³/mol. The van der Waals surface area contributed by atoms with Gasteiger partial charge in [0.25, 0.3) is 5.91 Å². The Morgan fingerprint density at radius 3 is 2.94 bits per heavy atom. The average Bonchev–Trinajstić information content (AvgIpc) is 2.89. The van der Waals surface area contributed by atoms with Crippen LogP contribution in [0.4, 0.5) is 0 Å². The Morgan fingerprint density at radius 1 is 1.44 bits per heavy atom. The minimum Gasteiger partial charge on any atom is -0.478 e. The first-order valence-corrected chi connectivity index (χ1v) is 5.90. The third kappa shape index (κ3) is 2.69. The van der Waals surface area contributed by atoms with Gasteiger partial charge in [-0.2, -0.15) is 0 Å². The Morgan fingerprint density at radius 2 is 2.28 bits per heavy atom. The van der Waals surface area contributed by atoms with Crippen LogP contribution in [0.5, 0.6) is 0 Å². The fraction of sp³-hybridized carbons (Fsp3) is 0.0909. The van der Waals surface area contributed by atoms with Crippen LogP contribution in [0.3, 0.4) is 0 Å². The van der Waals surface area contributed by atoms with Crippen molar-refractivity contribution in [1.82, 2.24) is 15.3 Å². The van der Waals surface area contributed by atoms with Gasteiger partial charge in [-0.25, -0.2) is 4.79 Å². The molecule has 2 aromatic rings. The lowest BCUT2D eigenvalue weighted by Gasteiger charge is -2.05. The molecule has 0 aliphatic heterocycles. The van der Waals surface area contributed by atoms with E-state index in [1.54, 1.807) is 11.7 Å². The number of aromatic nitrogens is 2. The molecule has 0 aliphatic carbocycles. The number of hydrogen-bond donors (Lipinski definition) is 2. The zero-order chi connectivity index (χ0) is 13.0.